The van der Waals surface area contributed by atoms with Crippen LogP contribution in [0.15, 0.2) is 12.4 Å². The first kappa shape index (κ1) is 9.48. The van der Waals surface area contributed by atoms with Crippen molar-refractivity contribution in [1.29, 1.82) is 0 Å². The number of carbonyl (C=O) groups is 1. The SMILES string of the molecule is COC(=O)O.Cc1ncc[nH]1. The molecule has 0 aliphatic rings. The van der Waals surface area contributed by atoms with Gasteiger partial charge < -0.3 is 14.8 Å². The van der Waals surface area contributed by atoms with Crippen molar-refractivity contribution in [3.05, 3.63) is 18.2 Å². The first-order valence-electron chi connectivity index (χ1n) is 2.89. The van der Waals surface area contributed by atoms with Crippen LogP contribution in [-0.4, -0.2) is 28.3 Å². The zero-order valence-corrected chi connectivity index (χ0v) is 6.37. The van der Waals surface area contributed by atoms with Gasteiger partial charge in [-0.15, -0.1) is 0 Å². The molecule has 2 N–H and O–H groups in total. The van der Waals surface area contributed by atoms with E-state index >= 15 is 0 Å². The van der Waals surface area contributed by atoms with Crippen molar-refractivity contribution in [1.82, 2.24) is 9.97 Å². The maximum atomic E-state index is 9.15. The molecule has 11 heavy (non-hydrogen) atoms. The first-order chi connectivity index (χ1) is 5.16. The fraction of sp³-hybridized carbons (Fsp3) is 0.333. The molecule has 1 aromatic heterocycles. The highest BCUT2D eigenvalue weighted by atomic mass is 16.6. The maximum Gasteiger partial charge on any atom is 0.505 e. The van der Waals surface area contributed by atoms with Crippen LogP contribution in [0.25, 0.3) is 0 Å². The Balaban J connectivity index is 0.000000187. The quantitative estimate of drug-likeness (QED) is 0.553. The third-order valence-corrected chi connectivity index (χ3v) is 0.810. The number of aromatic nitrogens is 2. The molecule has 1 rings (SSSR count). The second kappa shape index (κ2) is 5.28. The predicted octanol–water partition coefficient (Wildman–Crippen LogP) is 1.03. The number of H-pyrrole nitrogens is 1. The van der Waals surface area contributed by atoms with Crippen LogP contribution in [0.1, 0.15) is 5.82 Å². The van der Waals surface area contributed by atoms with E-state index in [1.807, 2.05) is 6.92 Å². The minimum Gasteiger partial charge on any atom is -0.450 e. The van der Waals surface area contributed by atoms with Gasteiger partial charge in [0.05, 0.1) is 7.11 Å². The molecule has 5 nitrogen and oxygen atoms in total. The number of aromatic amines is 1. The summed E-state index contributed by atoms with van der Waals surface area (Å²) in [7, 11) is 1.10. The Morgan fingerprint density at radius 1 is 1.82 bits per heavy atom. The van der Waals surface area contributed by atoms with Crippen molar-refractivity contribution in [2.75, 3.05) is 7.11 Å². The number of methoxy groups -OCH3 is 1. The molecule has 0 atom stereocenters. The molecule has 0 aromatic carbocycles. The zero-order chi connectivity index (χ0) is 8.69. The first-order valence-corrected chi connectivity index (χ1v) is 2.89. The Morgan fingerprint density at radius 2 is 2.36 bits per heavy atom. The van der Waals surface area contributed by atoms with E-state index in [9.17, 15) is 0 Å². The molecule has 0 radical (unpaired) electrons. The average molecular weight is 158 g/mol. The fourth-order valence-corrected chi connectivity index (χ4v) is 0.344. The van der Waals surface area contributed by atoms with Crippen molar-refractivity contribution in [3.63, 3.8) is 0 Å². The number of ether oxygens (including phenoxy) is 1. The lowest BCUT2D eigenvalue weighted by Crippen LogP contribution is -1.91. The number of hydrogen-bond donors (Lipinski definition) is 2. The van der Waals surface area contributed by atoms with E-state index < -0.39 is 6.16 Å². The van der Waals surface area contributed by atoms with E-state index in [1.54, 1.807) is 12.4 Å². The molecule has 0 spiro atoms. The van der Waals surface area contributed by atoms with E-state index in [-0.39, 0.29) is 0 Å². The second-order valence-electron chi connectivity index (χ2n) is 1.64. The molecule has 62 valence electrons. The van der Waals surface area contributed by atoms with Gasteiger partial charge in [0.15, 0.2) is 0 Å². The number of nitrogens with zero attached hydrogens (tertiary/aromatic N) is 1. The van der Waals surface area contributed by atoms with Crippen LogP contribution >= 0.6 is 0 Å². The zero-order valence-electron chi connectivity index (χ0n) is 6.37. The van der Waals surface area contributed by atoms with Crippen molar-refractivity contribution in [2.45, 2.75) is 6.92 Å². The molecular weight excluding hydrogens is 148 g/mol. The topological polar surface area (TPSA) is 75.2 Å². The number of imidazole rings is 1. The van der Waals surface area contributed by atoms with Crippen LogP contribution < -0.4 is 0 Å². The number of carboxylic acid groups (broad SMARTS) is 1. The molecular formula is C6H10N2O3. The lowest BCUT2D eigenvalue weighted by molar-refractivity contribution is 0.114. The van der Waals surface area contributed by atoms with Crippen LogP contribution in [0.5, 0.6) is 0 Å². The van der Waals surface area contributed by atoms with Crippen LogP contribution in [0.3, 0.4) is 0 Å². The highest BCUT2D eigenvalue weighted by Gasteiger charge is 1.80. The van der Waals surface area contributed by atoms with Gasteiger partial charge in [-0.25, -0.2) is 9.78 Å². The van der Waals surface area contributed by atoms with Crippen LogP contribution in [0, 0.1) is 6.92 Å². The highest BCUT2D eigenvalue weighted by molar-refractivity contribution is 5.56. The van der Waals surface area contributed by atoms with Gasteiger partial charge in [-0.1, -0.05) is 0 Å². The summed E-state index contributed by atoms with van der Waals surface area (Å²) in [6, 6.07) is 0. The lowest BCUT2D eigenvalue weighted by Gasteiger charge is -1.79. The van der Waals surface area contributed by atoms with Crippen molar-refractivity contribution in [3.8, 4) is 0 Å². The Bertz CT molecular complexity index is 196. The summed E-state index contributed by atoms with van der Waals surface area (Å²) in [5.74, 6) is 0.968. The highest BCUT2D eigenvalue weighted by Crippen LogP contribution is 1.78. The van der Waals surface area contributed by atoms with Crippen molar-refractivity contribution >= 4 is 6.16 Å². The van der Waals surface area contributed by atoms with Gasteiger partial charge in [0.1, 0.15) is 5.82 Å². The summed E-state index contributed by atoms with van der Waals surface area (Å²) in [6.45, 7) is 1.92. The van der Waals surface area contributed by atoms with Gasteiger partial charge in [0.25, 0.3) is 0 Å². The van der Waals surface area contributed by atoms with E-state index in [0.29, 0.717) is 0 Å². The molecule has 1 heterocycles. The van der Waals surface area contributed by atoms with Gasteiger partial charge in [0.2, 0.25) is 0 Å². The number of hydrogen-bond acceptors (Lipinski definition) is 3. The van der Waals surface area contributed by atoms with Crippen molar-refractivity contribution in [2.24, 2.45) is 0 Å². The van der Waals surface area contributed by atoms with Gasteiger partial charge in [-0.3, -0.25) is 0 Å². The molecule has 1 aromatic rings. The van der Waals surface area contributed by atoms with Gasteiger partial charge in [-0.05, 0) is 6.92 Å². The molecule has 5 heteroatoms. The third-order valence-electron chi connectivity index (χ3n) is 0.810. The fourth-order valence-electron chi connectivity index (χ4n) is 0.344. The standard InChI is InChI=1S/C4H6N2.C2H4O3/c1-4-5-2-3-6-4;1-5-2(3)4/h2-3H,1H3,(H,5,6);1H3,(H,3,4). The monoisotopic (exact) mass is 158 g/mol. The predicted molar refractivity (Wildman–Crippen MR) is 38.4 cm³/mol. The third kappa shape index (κ3) is 6.36. The van der Waals surface area contributed by atoms with Crippen LogP contribution in [0.4, 0.5) is 4.79 Å². The molecule has 0 bridgehead atoms. The largest absolute Gasteiger partial charge is 0.505 e. The van der Waals surface area contributed by atoms with E-state index in [0.717, 1.165) is 12.9 Å². The van der Waals surface area contributed by atoms with Gasteiger partial charge in [-0.2, -0.15) is 0 Å². The van der Waals surface area contributed by atoms with Crippen molar-refractivity contribution < 1.29 is 14.6 Å². The lowest BCUT2D eigenvalue weighted by atomic mass is 10.8. The summed E-state index contributed by atoms with van der Waals surface area (Å²) in [4.78, 5) is 15.9. The van der Waals surface area contributed by atoms with Gasteiger partial charge in [0, 0.05) is 12.4 Å². The smallest absolute Gasteiger partial charge is 0.450 e. The maximum absolute atomic E-state index is 9.15. The Morgan fingerprint density at radius 3 is 2.45 bits per heavy atom. The molecule has 0 saturated heterocycles. The number of aryl methyl sites for hydroxylation is 1. The average Bonchev–Trinajstić information content (AvgIpc) is 2.41. The number of nitrogens with one attached hydrogen (secondary N) is 1. The molecule has 0 saturated carbocycles. The summed E-state index contributed by atoms with van der Waals surface area (Å²) in [6.07, 6.45) is 2.29. The summed E-state index contributed by atoms with van der Waals surface area (Å²) in [5.41, 5.74) is 0. The van der Waals surface area contributed by atoms with E-state index in [4.69, 9.17) is 9.90 Å². The molecule has 0 aliphatic carbocycles. The minimum atomic E-state index is -1.25. The molecule has 0 fully saturated rings. The van der Waals surface area contributed by atoms with E-state index in [1.165, 1.54) is 0 Å². The summed E-state index contributed by atoms with van der Waals surface area (Å²) >= 11 is 0. The van der Waals surface area contributed by atoms with Gasteiger partial charge >= 0.3 is 6.16 Å². The van der Waals surface area contributed by atoms with E-state index in [2.05, 4.69) is 14.7 Å². The normalized spacial score (nSPS) is 7.82. The molecule has 0 amide bonds. The molecule has 0 aliphatic heterocycles. The summed E-state index contributed by atoms with van der Waals surface area (Å²) < 4.78 is 3.67. The Labute approximate surface area is 64.0 Å². The molecule has 0 unspecified atom stereocenters. The Kier molecular flexibility index (Phi) is 4.55. The second-order valence-corrected chi connectivity index (χ2v) is 1.64. The van der Waals surface area contributed by atoms with Crippen LogP contribution in [-0.2, 0) is 4.74 Å². The summed E-state index contributed by atoms with van der Waals surface area (Å²) in [5, 5.41) is 7.50. The van der Waals surface area contributed by atoms with Crippen LogP contribution in [0.2, 0.25) is 0 Å². The number of rotatable bonds is 0. The Hall–Kier alpha value is -1.52. The minimum absolute atomic E-state index is 0.968.